The number of ether oxygens (including phenoxy) is 2. The third-order valence-corrected chi connectivity index (χ3v) is 4.00. The molecule has 2 amide bonds. The van der Waals surface area contributed by atoms with Gasteiger partial charge in [-0.1, -0.05) is 18.2 Å². The van der Waals surface area contributed by atoms with E-state index in [1.807, 2.05) is 49.9 Å². The van der Waals surface area contributed by atoms with Crippen LogP contribution < -0.4 is 10.1 Å². The van der Waals surface area contributed by atoms with Crippen molar-refractivity contribution < 1.29 is 14.3 Å². The Morgan fingerprint density at radius 2 is 2.18 bits per heavy atom. The first-order chi connectivity index (χ1) is 10.4. The summed E-state index contributed by atoms with van der Waals surface area (Å²) in [5.74, 6) is 0.858. The Morgan fingerprint density at radius 1 is 1.45 bits per heavy atom. The molecule has 1 aromatic rings. The van der Waals surface area contributed by atoms with E-state index < -0.39 is 0 Å². The van der Waals surface area contributed by atoms with Gasteiger partial charge in [-0.25, -0.2) is 4.79 Å². The van der Waals surface area contributed by atoms with E-state index >= 15 is 0 Å². The van der Waals surface area contributed by atoms with Gasteiger partial charge in [-0.15, -0.1) is 0 Å². The number of benzene rings is 1. The van der Waals surface area contributed by atoms with Crippen LogP contribution in [0.25, 0.3) is 0 Å². The fourth-order valence-electron chi connectivity index (χ4n) is 2.65. The first kappa shape index (κ1) is 16.6. The highest BCUT2D eigenvalue weighted by atomic mass is 16.5. The molecule has 0 spiro atoms. The number of amides is 2. The van der Waals surface area contributed by atoms with E-state index in [0.717, 1.165) is 17.7 Å². The molecule has 5 heteroatoms. The number of methoxy groups -OCH3 is 1. The molecule has 1 fully saturated rings. The molecule has 2 rings (SSSR count). The molecule has 1 N–H and O–H groups in total. The SMILES string of the molecule is COc1ccccc1CCNC(=O)N1CC(C)OCC1(C)C. The van der Waals surface area contributed by atoms with Crippen molar-refractivity contribution in [3.63, 3.8) is 0 Å². The Labute approximate surface area is 132 Å². The zero-order valence-electron chi connectivity index (χ0n) is 13.9. The number of morpholine rings is 1. The lowest BCUT2D eigenvalue weighted by Crippen LogP contribution is -2.60. The van der Waals surface area contributed by atoms with Gasteiger partial charge in [0.1, 0.15) is 5.75 Å². The highest BCUT2D eigenvalue weighted by Gasteiger charge is 2.36. The molecular formula is C17H26N2O3. The molecule has 0 saturated carbocycles. The smallest absolute Gasteiger partial charge is 0.318 e. The lowest BCUT2D eigenvalue weighted by Gasteiger charge is -2.44. The van der Waals surface area contributed by atoms with Crippen molar-refractivity contribution in [1.82, 2.24) is 10.2 Å². The maximum Gasteiger partial charge on any atom is 0.318 e. The van der Waals surface area contributed by atoms with E-state index in [9.17, 15) is 4.79 Å². The van der Waals surface area contributed by atoms with Crippen molar-refractivity contribution in [2.45, 2.75) is 38.8 Å². The number of nitrogens with zero attached hydrogens (tertiary/aromatic N) is 1. The summed E-state index contributed by atoms with van der Waals surface area (Å²) in [7, 11) is 1.66. The highest BCUT2D eigenvalue weighted by Crippen LogP contribution is 2.22. The Bertz CT molecular complexity index is 516. The molecule has 122 valence electrons. The van der Waals surface area contributed by atoms with Crippen LogP contribution in [-0.2, 0) is 11.2 Å². The van der Waals surface area contributed by atoms with Crippen LogP contribution in [0.2, 0.25) is 0 Å². The third-order valence-electron chi connectivity index (χ3n) is 4.00. The van der Waals surface area contributed by atoms with Gasteiger partial charge in [0.2, 0.25) is 0 Å². The summed E-state index contributed by atoms with van der Waals surface area (Å²) < 4.78 is 11.0. The van der Waals surface area contributed by atoms with E-state index in [0.29, 0.717) is 19.7 Å². The predicted molar refractivity (Wildman–Crippen MR) is 86.3 cm³/mol. The molecule has 1 heterocycles. The summed E-state index contributed by atoms with van der Waals surface area (Å²) >= 11 is 0. The Hall–Kier alpha value is -1.75. The van der Waals surface area contributed by atoms with Gasteiger partial charge in [-0.05, 0) is 38.8 Å². The number of nitrogens with one attached hydrogen (secondary N) is 1. The Balaban J connectivity index is 1.89. The minimum absolute atomic E-state index is 0.0324. The fraction of sp³-hybridized carbons (Fsp3) is 0.588. The van der Waals surface area contributed by atoms with Crippen molar-refractivity contribution >= 4 is 6.03 Å². The summed E-state index contributed by atoms with van der Waals surface area (Å²) in [4.78, 5) is 14.3. The minimum Gasteiger partial charge on any atom is -0.496 e. The van der Waals surface area contributed by atoms with Crippen molar-refractivity contribution in [3.8, 4) is 5.75 Å². The van der Waals surface area contributed by atoms with Gasteiger partial charge in [-0.2, -0.15) is 0 Å². The Kier molecular flexibility index (Phi) is 5.29. The van der Waals surface area contributed by atoms with Gasteiger partial charge in [0.25, 0.3) is 0 Å². The van der Waals surface area contributed by atoms with Gasteiger partial charge >= 0.3 is 6.03 Å². The van der Waals surface area contributed by atoms with Crippen molar-refractivity contribution in [3.05, 3.63) is 29.8 Å². The summed E-state index contributed by atoms with van der Waals surface area (Å²) in [6.07, 6.45) is 0.823. The molecule has 22 heavy (non-hydrogen) atoms. The van der Waals surface area contributed by atoms with E-state index in [4.69, 9.17) is 9.47 Å². The largest absolute Gasteiger partial charge is 0.496 e. The summed E-state index contributed by atoms with van der Waals surface area (Å²) in [6.45, 7) is 7.81. The average molecular weight is 306 g/mol. The van der Waals surface area contributed by atoms with Crippen molar-refractivity contribution in [1.29, 1.82) is 0 Å². The van der Waals surface area contributed by atoms with Crippen molar-refractivity contribution in [2.75, 3.05) is 26.8 Å². The van der Waals surface area contributed by atoms with E-state index in [1.165, 1.54) is 0 Å². The molecule has 1 atom stereocenters. The average Bonchev–Trinajstić information content (AvgIpc) is 2.50. The van der Waals surface area contributed by atoms with E-state index in [2.05, 4.69) is 5.32 Å². The molecule has 0 aliphatic carbocycles. The van der Waals surface area contributed by atoms with Gasteiger partial charge in [-0.3, -0.25) is 0 Å². The topological polar surface area (TPSA) is 50.8 Å². The molecule has 1 unspecified atom stereocenters. The number of para-hydroxylation sites is 1. The number of carbonyl (C=O) groups excluding carboxylic acids is 1. The molecule has 1 aromatic carbocycles. The second-order valence-corrected chi connectivity index (χ2v) is 6.34. The standard InChI is InChI=1S/C17H26N2O3/c1-13-11-19(17(2,3)12-22-13)16(20)18-10-9-14-7-5-6-8-15(14)21-4/h5-8,13H,9-12H2,1-4H3,(H,18,20). The summed E-state index contributed by atoms with van der Waals surface area (Å²) in [6, 6.07) is 7.84. The zero-order chi connectivity index (χ0) is 16.2. The number of carbonyl (C=O) groups is 1. The van der Waals surface area contributed by atoms with Gasteiger partial charge in [0.05, 0.1) is 25.4 Å². The second-order valence-electron chi connectivity index (χ2n) is 6.34. The first-order valence-corrected chi connectivity index (χ1v) is 7.73. The van der Waals surface area contributed by atoms with Crippen LogP contribution in [0.5, 0.6) is 5.75 Å². The quantitative estimate of drug-likeness (QED) is 0.929. The van der Waals surface area contributed by atoms with Crippen LogP contribution in [0.1, 0.15) is 26.3 Å². The molecule has 1 aliphatic rings. The minimum atomic E-state index is -0.277. The van der Waals surface area contributed by atoms with Crippen molar-refractivity contribution in [2.24, 2.45) is 0 Å². The molecular weight excluding hydrogens is 280 g/mol. The van der Waals surface area contributed by atoms with Crippen LogP contribution >= 0.6 is 0 Å². The molecule has 0 bridgehead atoms. The predicted octanol–water partition coefficient (Wildman–Crippen LogP) is 2.45. The summed E-state index contributed by atoms with van der Waals surface area (Å²) in [5.41, 5.74) is 0.820. The van der Waals surface area contributed by atoms with E-state index in [1.54, 1.807) is 7.11 Å². The fourth-order valence-corrected chi connectivity index (χ4v) is 2.65. The molecule has 1 saturated heterocycles. The van der Waals surface area contributed by atoms with Gasteiger partial charge in [0.15, 0.2) is 0 Å². The number of hydrogen-bond acceptors (Lipinski definition) is 3. The lowest BCUT2D eigenvalue weighted by molar-refractivity contribution is -0.0706. The van der Waals surface area contributed by atoms with Crippen LogP contribution in [-0.4, -0.2) is 49.4 Å². The highest BCUT2D eigenvalue weighted by molar-refractivity contribution is 5.75. The monoisotopic (exact) mass is 306 g/mol. The molecule has 0 radical (unpaired) electrons. The van der Waals surface area contributed by atoms with Gasteiger partial charge in [0, 0.05) is 13.1 Å². The normalized spacial score (nSPS) is 20.5. The maximum atomic E-state index is 12.4. The summed E-state index contributed by atoms with van der Waals surface area (Å²) in [5, 5.41) is 3.00. The number of rotatable bonds is 4. The maximum absolute atomic E-state index is 12.4. The van der Waals surface area contributed by atoms with Crippen LogP contribution in [0, 0.1) is 0 Å². The Morgan fingerprint density at radius 3 is 2.91 bits per heavy atom. The number of hydrogen-bond donors (Lipinski definition) is 1. The first-order valence-electron chi connectivity index (χ1n) is 7.73. The third kappa shape index (κ3) is 3.91. The van der Waals surface area contributed by atoms with Gasteiger partial charge < -0.3 is 19.7 Å². The molecule has 0 aromatic heterocycles. The second kappa shape index (κ2) is 7.01. The lowest BCUT2D eigenvalue weighted by atomic mass is 10.0. The molecule has 1 aliphatic heterocycles. The van der Waals surface area contributed by atoms with E-state index in [-0.39, 0.29) is 17.7 Å². The van der Waals surface area contributed by atoms with Crippen LogP contribution in [0.3, 0.4) is 0 Å². The van der Waals surface area contributed by atoms with Crippen LogP contribution in [0.15, 0.2) is 24.3 Å². The number of urea groups is 1. The van der Waals surface area contributed by atoms with Crippen LogP contribution in [0.4, 0.5) is 4.79 Å². The molecule has 5 nitrogen and oxygen atoms in total. The zero-order valence-corrected chi connectivity index (χ0v) is 13.9.